The molecule has 47 heavy (non-hydrogen) atoms. The van der Waals surface area contributed by atoms with Crippen molar-refractivity contribution in [2.75, 3.05) is 0 Å². The van der Waals surface area contributed by atoms with E-state index in [0.717, 1.165) is 0 Å². The van der Waals surface area contributed by atoms with E-state index in [9.17, 15) is 59.7 Å². The van der Waals surface area contributed by atoms with Crippen LogP contribution in [0.25, 0.3) is 0 Å². The quantitative estimate of drug-likeness (QED) is 0.102. The number of carbonyl (C=O) groups is 5. The standard InChI is InChI=1S/C27H42O17.3Na/c1-26(2,3)21-15(32)13(30)17(19(42-21)23(36)37)40-10(8-28)7-11(22(34)35)12(9-29)41-25-16(33)14(31)18(44-27(4,5)6)20(43-25)24(38)39;;;/h8-21,25,30-33H,7H2,1-6H3,(H,34,35)(H,36,37)(H,38,39);;;/q;3*+1/p-3/t10?,11?,12?,13?,14?,15-,16-,17+,18+,19?,20?,21+,25+;;;/m1.../s1. The Bertz CT molecular complexity index is 1050. The van der Waals surface area contributed by atoms with E-state index in [-0.39, 0.29) is 101 Å². The number of aliphatic hydroxyl groups excluding tert-OH is 4. The monoisotopic (exact) mass is 704 g/mol. The number of hydrogen-bond donors (Lipinski definition) is 4. The Morgan fingerprint density at radius 2 is 1.23 bits per heavy atom. The number of rotatable bonds is 13. The van der Waals surface area contributed by atoms with Gasteiger partial charge < -0.3 is 83.4 Å². The van der Waals surface area contributed by atoms with Crippen LogP contribution in [0.3, 0.4) is 0 Å². The summed E-state index contributed by atoms with van der Waals surface area (Å²) in [6, 6.07) is 0. The van der Waals surface area contributed by atoms with Crippen LogP contribution in [-0.2, 0) is 47.7 Å². The first-order valence-corrected chi connectivity index (χ1v) is 13.7. The van der Waals surface area contributed by atoms with Gasteiger partial charge >= 0.3 is 88.7 Å². The molecule has 0 radical (unpaired) electrons. The van der Waals surface area contributed by atoms with Gasteiger partial charge in [0, 0.05) is 11.9 Å². The van der Waals surface area contributed by atoms with Crippen molar-refractivity contribution in [1.82, 2.24) is 0 Å². The molecule has 20 heteroatoms. The van der Waals surface area contributed by atoms with Gasteiger partial charge in [-0.2, -0.15) is 0 Å². The van der Waals surface area contributed by atoms with Gasteiger partial charge in [-0.15, -0.1) is 0 Å². The number of carboxylic acid groups (broad SMARTS) is 3. The normalized spacial score (nSPS) is 33.0. The van der Waals surface area contributed by atoms with Crippen molar-refractivity contribution in [3.05, 3.63) is 0 Å². The minimum absolute atomic E-state index is 0. The van der Waals surface area contributed by atoms with Gasteiger partial charge in [-0.3, -0.25) is 0 Å². The summed E-state index contributed by atoms with van der Waals surface area (Å²) in [5.74, 6) is -7.85. The van der Waals surface area contributed by atoms with E-state index in [2.05, 4.69) is 0 Å². The number of hydrogen-bond acceptors (Lipinski definition) is 17. The zero-order chi connectivity index (χ0) is 33.9. The van der Waals surface area contributed by atoms with Gasteiger partial charge in [-0.25, -0.2) is 0 Å². The molecule has 0 amide bonds. The van der Waals surface area contributed by atoms with Crippen molar-refractivity contribution in [2.24, 2.45) is 11.3 Å². The first-order chi connectivity index (χ1) is 20.1. The zero-order valence-electron chi connectivity index (χ0n) is 28.0. The van der Waals surface area contributed by atoms with Crippen LogP contribution in [0.15, 0.2) is 0 Å². The Morgan fingerprint density at radius 3 is 1.64 bits per heavy atom. The molecule has 2 heterocycles. The molecule has 2 fully saturated rings. The molecule has 13 atom stereocenters. The van der Waals surface area contributed by atoms with Crippen LogP contribution < -0.4 is 104 Å². The van der Waals surface area contributed by atoms with Crippen LogP contribution >= 0.6 is 0 Å². The number of carbonyl (C=O) groups excluding carboxylic acids is 5. The van der Waals surface area contributed by atoms with E-state index in [1.165, 1.54) is 20.8 Å². The van der Waals surface area contributed by atoms with E-state index in [1.54, 1.807) is 20.8 Å². The predicted octanol–water partition coefficient (Wildman–Crippen LogP) is -15.0. The third-order valence-electron chi connectivity index (χ3n) is 7.04. The molecule has 2 rings (SSSR count). The Morgan fingerprint density at radius 1 is 0.745 bits per heavy atom. The first kappa shape index (κ1) is 49.5. The molecule has 0 bridgehead atoms. The molecule has 2 aliphatic heterocycles. The van der Waals surface area contributed by atoms with Crippen LogP contribution in [-0.4, -0.2) is 130 Å². The minimum atomic E-state index is -2.12. The first-order valence-electron chi connectivity index (χ1n) is 13.7. The van der Waals surface area contributed by atoms with Crippen molar-refractivity contribution in [1.29, 1.82) is 0 Å². The summed E-state index contributed by atoms with van der Waals surface area (Å²) in [6.45, 7) is 9.36. The predicted molar refractivity (Wildman–Crippen MR) is 134 cm³/mol. The molecule has 0 aliphatic carbocycles. The fraction of sp³-hybridized carbons (Fsp3) is 0.815. The van der Waals surface area contributed by atoms with Crippen molar-refractivity contribution in [2.45, 2.75) is 127 Å². The molecular weight excluding hydrogens is 665 g/mol. The van der Waals surface area contributed by atoms with Crippen LogP contribution in [0.5, 0.6) is 0 Å². The summed E-state index contributed by atoms with van der Waals surface area (Å²) in [5, 5.41) is 77.9. The molecule has 2 saturated heterocycles. The van der Waals surface area contributed by atoms with Gasteiger partial charge in [0.2, 0.25) is 0 Å². The summed E-state index contributed by atoms with van der Waals surface area (Å²) in [4.78, 5) is 59.4. The Hall–Kier alpha value is 0.390. The summed E-state index contributed by atoms with van der Waals surface area (Å²) in [7, 11) is 0. The second-order valence-electron chi connectivity index (χ2n) is 12.7. The molecule has 7 unspecified atom stereocenters. The fourth-order valence-electron chi connectivity index (χ4n) is 4.94. The van der Waals surface area contributed by atoms with E-state index in [0.29, 0.717) is 0 Å². The molecule has 4 N–H and O–H groups in total. The smallest absolute Gasteiger partial charge is 0.550 e. The maximum atomic E-state index is 12.0. The minimum Gasteiger partial charge on any atom is -0.550 e. The molecule has 0 aromatic heterocycles. The average molecular weight is 705 g/mol. The third kappa shape index (κ3) is 13.1. The third-order valence-corrected chi connectivity index (χ3v) is 7.04. The van der Waals surface area contributed by atoms with E-state index in [4.69, 9.17) is 23.7 Å². The van der Waals surface area contributed by atoms with Gasteiger partial charge in [0.25, 0.3) is 0 Å². The van der Waals surface area contributed by atoms with Gasteiger partial charge in [-0.1, -0.05) is 20.8 Å². The largest absolute Gasteiger partial charge is 1.00 e. The van der Waals surface area contributed by atoms with E-state index >= 15 is 0 Å². The second kappa shape index (κ2) is 20.4. The number of aliphatic hydroxyl groups is 4. The van der Waals surface area contributed by atoms with E-state index < -0.39 is 115 Å². The zero-order valence-corrected chi connectivity index (χ0v) is 34.0. The van der Waals surface area contributed by atoms with Crippen LogP contribution in [0.1, 0.15) is 48.0 Å². The maximum Gasteiger partial charge on any atom is 1.00 e. The van der Waals surface area contributed by atoms with Crippen LogP contribution in [0.4, 0.5) is 0 Å². The number of ether oxygens (including phenoxy) is 5. The summed E-state index contributed by atoms with van der Waals surface area (Å²) in [6.07, 6.45) is -23.7. The molecule has 0 spiro atoms. The molecule has 0 saturated carbocycles. The van der Waals surface area contributed by atoms with Crippen molar-refractivity contribution in [3.8, 4) is 0 Å². The van der Waals surface area contributed by atoms with Gasteiger partial charge in [0.05, 0.1) is 23.6 Å². The van der Waals surface area contributed by atoms with E-state index in [1.807, 2.05) is 0 Å². The van der Waals surface area contributed by atoms with Crippen molar-refractivity contribution in [3.63, 3.8) is 0 Å². The maximum absolute atomic E-state index is 12.0. The van der Waals surface area contributed by atoms with Gasteiger partial charge in [-0.05, 0) is 32.6 Å². The molecule has 17 nitrogen and oxygen atoms in total. The number of aldehydes is 2. The van der Waals surface area contributed by atoms with Gasteiger partial charge in [0.1, 0.15) is 73.6 Å². The van der Waals surface area contributed by atoms with Crippen LogP contribution in [0, 0.1) is 11.3 Å². The average Bonchev–Trinajstić information content (AvgIpc) is 2.89. The summed E-state index contributed by atoms with van der Waals surface area (Å²) < 4.78 is 26.6. The second-order valence-corrected chi connectivity index (χ2v) is 12.7. The Kier molecular flexibility index (Phi) is 21.5. The molecule has 252 valence electrons. The van der Waals surface area contributed by atoms with Crippen LogP contribution in [0.2, 0.25) is 0 Å². The summed E-state index contributed by atoms with van der Waals surface area (Å²) in [5.41, 5.74) is -1.90. The van der Waals surface area contributed by atoms with Gasteiger partial charge in [0.15, 0.2) is 6.29 Å². The number of carboxylic acids is 3. The summed E-state index contributed by atoms with van der Waals surface area (Å²) >= 11 is 0. The molecule has 0 aromatic carbocycles. The molecule has 0 aromatic rings. The topological polar surface area (TPSA) is 282 Å². The van der Waals surface area contributed by atoms with Crippen molar-refractivity contribution >= 4 is 30.5 Å². The molecular formula is C27H39Na3O17. The Labute approximate surface area is 337 Å². The molecule has 2 aliphatic rings. The van der Waals surface area contributed by atoms with Crippen molar-refractivity contribution < 1.29 is 172 Å². The Balaban J connectivity index is 0. The fourth-order valence-corrected chi connectivity index (χ4v) is 4.94. The SMILES string of the molecule is CC(C)(C)O[C@@H]1C(C(=O)[O-])O[C@H](OC(C=O)C(CC(C=O)O[C@@H]2C(C(=O)[O-])O[C@H](C(C)(C)C)[C@H](O)C2O)C(=O)[O-])[C@H](O)C1O.[Na+].[Na+].[Na+]. The number of aliphatic carboxylic acids is 3.